The fourth-order valence-electron chi connectivity index (χ4n) is 3.47. The van der Waals surface area contributed by atoms with E-state index in [-0.39, 0.29) is 6.42 Å². The molecule has 0 aliphatic carbocycles. The zero-order valence-corrected chi connectivity index (χ0v) is 22.3. The molecule has 0 saturated heterocycles. The smallest absolute Gasteiger partial charge is 0.472 e. The lowest BCUT2D eigenvalue weighted by atomic mass is 10.0. The number of carbonyl (C=O) groups is 2. The molecule has 10 nitrogen and oxygen atoms in total. The Morgan fingerprint density at radius 3 is 1.66 bits per heavy atom. The Bertz CT molecular complexity index is 591. The number of aliphatic carboxylic acids is 1. The predicted octanol–water partition coefficient (Wildman–Crippen LogP) is 4.70. The molecule has 0 fully saturated rings. The van der Waals surface area contributed by atoms with Crippen molar-refractivity contribution in [2.45, 2.75) is 122 Å². The summed E-state index contributed by atoms with van der Waals surface area (Å²) < 4.78 is 25.9. The maximum atomic E-state index is 11.9. The van der Waals surface area contributed by atoms with E-state index >= 15 is 0 Å². The summed E-state index contributed by atoms with van der Waals surface area (Å²) in [5.74, 6) is -1.92. The average Bonchev–Trinajstić information content (AvgIpc) is 2.82. The summed E-state index contributed by atoms with van der Waals surface area (Å²) in [6.07, 6.45) is 17.4. The number of carbonyl (C=O) groups excluding carboxylic acids is 1. The van der Waals surface area contributed by atoms with Crippen LogP contribution in [0.1, 0.15) is 110 Å². The van der Waals surface area contributed by atoms with Gasteiger partial charge in [-0.15, -0.1) is 0 Å². The van der Waals surface area contributed by atoms with Crippen molar-refractivity contribution in [1.82, 2.24) is 0 Å². The van der Waals surface area contributed by atoms with Crippen LogP contribution >= 0.6 is 7.82 Å². The van der Waals surface area contributed by atoms with Crippen molar-refractivity contribution in [2.75, 3.05) is 19.8 Å². The summed E-state index contributed by atoms with van der Waals surface area (Å²) in [7, 11) is -4.60. The molecule has 3 atom stereocenters. The number of nitrogens with two attached hydrogens (primary N) is 1. The molecule has 1 unspecified atom stereocenters. The van der Waals surface area contributed by atoms with E-state index in [0.717, 1.165) is 19.3 Å². The van der Waals surface area contributed by atoms with E-state index in [1.54, 1.807) is 0 Å². The van der Waals surface area contributed by atoms with Crippen LogP contribution in [0.5, 0.6) is 0 Å². The molecule has 11 heteroatoms. The zero-order valence-electron chi connectivity index (χ0n) is 21.4. The lowest BCUT2D eigenvalue weighted by Crippen LogP contribution is -2.34. The predicted molar refractivity (Wildman–Crippen MR) is 134 cm³/mol. The van der Waals surface area contributed by atoms with Crippen molar-refractivity contribution < 1.29 is 43.0 Å². The number of phosphoric acid groups is 1. The Morgan fingerprint density at radius 1 is 0.800 bits per heavy atom. The summed E-state index contributed by atoms with van der Waals surface area (Å²) >= 11 is 0. The molecule has 0 aromatic heterocycles. The number of aliphatic hydroxyl groups excluding tert-OH is 1. The number of esters is 1. The van der Waals surface area contributed by atoms with Gasteiger partial charge in [0.05, 0.1) is 19.8 Å². The molecular formula is C24H48NO9P. The number of rotatable bonds is 25. The zero-order chi connectivity index (χ0) is 26.4. The maximum Gasteiger partial charge on any atom is 0.472 e. The van der Waals surface area contributed by atoms with Crippen molar-refractivity contribution in [3.05, 3.63) is 0 Å². The van der Waals surface area contributed by atoms with Crippen molar-refractivity contribution in [3.63, 3.8) is 0 Å². The van der Waals surface area contributed by atoms with Gasteiger partial charge >= 0.3 is 19.8 Å². The normalized spacial score (nSPS) is 14.9. The molecule has 0 aliphatic heterocycles. The SMILES string of the molecule is CCCCCCCCCCCCCCCCCC(=O)O[C@H](CO)COP(=O)(O)OC[C@H](N)C(=O)O. The van der Waals surface area contributed by atoms with Gasteiger partial charge in [-0.2, -0.15) is 0 Å². The van der Waals surface area contributed by atoms with Crippen molar-refractivity contribution in [1.29, 1.82) is 0 Å². The number of carboxylic acid groups (broad SMARTS) is 1. The lowest BCUT2D eigenvalue weighted by Gasteiger charge is -2.18. The number of unbranched alkanes of at least 4 members (excludes halogenated alkanes) is 14. The Morgan fingerprint density at radius 2 is 1.23 bits per heavy atom. The van der Waals surface area contributed by atoms with Gasteiger partial charge < -0.3 is 25.6 Å². The highest BCUT2D eigenvalue weighted by Crippen LogP contribution is 2.43. The topological polar surface area (TPSA) is 166 Å². The third kappa shape index (κ3) is 21.9. The summed E-state index contributed by atoms with van der Waals surface area (Å²) in [6.45, 7) is 0.341. The first-order valence-electron chi connectivity index (χ1n) is 13.1. The van der Waals surface area contributed by atoms with E-state index < -0.39 is 51.7 Å². The summed E-state index contributed by atoms with van der Waals surface area (Å²) in [4.78, 5) is 32.0. The summed E-state index contributed by atoms with van der Waals surface area (Å²) in [6, 6.07) is -1.49. The quantitative estimate of drug-likeness (QED) is 0.0745. The molecule has 0 heterocycles. The van der Waals surface area contributed by atoms with Crippen molar-refractivity contribution in [2.24, 2.45) is 5.73 Å². The second-order valence-electron chi connectivity index (χ2n) is 9.00. The molecule has 208 valence electrons. The monoisotopic (exact) mass is 525 g/mol. The van der Waals surface area contributed by atoms with Gasteiger partial charge in [0.25, 0.3) is 0 Å². The van der Waals surface area contributed by atoms with Gasteiger partial charge in [-0.05, 0) is 6.42 Å². The molecule has 35 heavy (non-hydrogen) atoms. The minimum Gasteiger partial charge on any atom is -0.480 e. The third-order valence-corrected chi connectivity index (χ3v) is 6.59. The first-order chi connectivity index (χ1) is 16.7. The van der Waals surface area contributed by atoms with Crippen LogP contribution in [0.15, 0.2) is 0 Å². The maximum absolute atomic E-state index is 11.9. The van der Waals surface area contributed by atoms with Gasteiger partial charge in [-0.25, -0.2) is 4.57 Å². The standard InChI is InChI=1S/C24H48NO9P/c1-2-3-4-5-6-7-8-9-10-11-12-13-14-15-16-17-23(27)34-21(18-26)19-32-35(30,31)33-20-22(25)24(28)29/h21-22,26H,2-20,25H2,1H3,(H,28,29)(H,30,31)/t21-,22+/m1/s1. The van der Waals surface area contributed by atoms with E-state index in [1.165, 1.54) is 70.6 Å². The summed E-state index contributed by atoms with van der Waals surface area (Å²) in [5.41, 5.74) is 5.18. The van der Waals surface area contributed by atoms with E-state index in [2.05, 4.69) is 16.0 Å². The molecule has 0 saturated carbocycles. The largest absolute Gasteiger partial charge is 0.480 e. The fraction of sp³-hybridized carbons (Fsp3) is 0.917. The van der Waals surface area contributed by atoms with Crippen LogP contribution in [0.2, 0.25) is 0 Å². The molecule has 0 radical (unpaired) electrons. The molecule has 0 bridgehead atoms. The van der Waals surface area contributed by atoms with E-state index in [9.17, 15) is 24.2 Å². The minimum absolute atomic E-state index is 0.190. The minimum atomic E-state index is -4.60. The van der Waals surface area contributed by atoms with Crippen LogP contribution < -0.4 is 5.73 Å². The second-order valence-corrected chi connectivity index (χ2v) is 10.5. The number of hydrogen-bond donors (Lipinski definition) is 4. The fourth-order valence-corrected chi connectivity index (χ4v) is 4.25. The third-order valence-electron chi connectivity index (χ3n) is 5.64. The van der Waals surface area contributed by atoms with Gasteiger partial charge in [0.2, 0.25) is 0 Å². The van der Waals surface area contributed by atoms with Crippen LogP contribution in [-0.2, 0) is 27.9 Å². The molecule has 0 aromatic carbocycles. The van der Waals surface area contributed by atoms with Gasteiger partial charge in [0.1, 0.15) is 12.1 Å². The molecule has 0 rings (SSSR count). The molecule has 0 aromatic rings. The van der Waals surface area contributed by atoms with E-state index in [1.807, 2.05) is 0 Å². The van der Waals surface area contributed by atoms with Gasteiger partial charge in [-0.3, -0.25) is 18.6 Å². The molecule has 0 aliphatic rings. The van der Waals surface area contributed by atoms with Crippen molar-refractivity contribution in [3.8, 4) is 0 Å². The van der Waals surface area contributed by atoms with Crippen LogP contribution in [0, 0.1) is 0 Å². The second kappa shape index (κ2) is 22.2. The lowest BCUT2D eigenvalue weighted by molar-refractivity contribution is -0.153. The molecule has 5 N–H and O–H groups in total. The van der Waals surface area contributed by atoms with Crippen LogP contribution in [0.4, 0.5) is 0 Å². The summed E-state index contributed by atoms with van der Waals surface area (Å²) in [5, 5.41) is 17.9. The van der Waals surface area contributed by atoms with Gasteiger partial charge in [0.15, 0.2) is 0 Å². The highest BCUT2D eigenvalue weighted by molar-refractivity contribution is 7.47. The first-order valence-corrected chi connectivity index (χ1v) is 14.6. The molecule has 0 amide bonds. The number of carboxylic acids is 1. The highest BCUT2D eigenvalue weighted by atomic mass is 31.2. The Hall–Kier alpha value is -1.03. The van der Waals surface area contributed by atoms with Crippen LogP contribution in [0.3, 0.4) is 0 Å². The van der Waals surface area contributed by atoms with E-state index in [0.29, 0.717) is 6.42 Å². The number of aliphatic hydroxyl groups is 1. The Balaban J connectivity index is 3.70. The highest BCUT2D eigenvalue weighted by Gasteiger charge is 2.27. The van der Waals surface area contributed by atoms with Gasteiger partial charge in [0, 0.05) is 6.42 Å². The van der Waals surface area contributed by atoms with E-state index in [4.69, 9.17) is 15.6 Å². The van der Waals surface area contributed by atoms with Gasteiger partial charge in [-0.1, -0.05) is 96.8 Å². The van der Waals surface area contributed by atoms with Crippen LogP contribution in [-0.4, -0.2) is 59.0 Å². The number of hydrogen-bond acceptors (Lipinski definition) is 8. The number of ether oxygens (including phenoxy) is 1. The number of phosphoric ester groups is 1. The molecular weight excluding hydrogens is 477 g/mol. The first kappa shape index (κ1) is 34.0. The van der Waals surface area contributed by atoms with Crippen LogP contribution in [0.25, 0.3) is 0 Å². The van der Waals surface area contributed by atoms with Crippen molar-refractivity contribution >= 4 is 19.8 Å². The Labute approximate surface area is 210 Å². The molecule has 0 spiro atoms. The average molecular weight is 526 g/mol. The Kier molecular flexibility index (Phi) is 21.5.